The molecule has 120 valence electrons. The van der Waals surface area contributed by atoms with Crippen LogP contribution >= 0.6 is 23.2 Å². The number of pyridine rings is 1. The number of nitrogens with zero attached hydrogens (tertiary/aromatic N) is 2. The molecule has 0 radical (unpaired) electrons. The Kier molecular flexibility index (Phi) is 4.88. The van der Waals surface area contributed by atoms with Gasteiger partial charge in [-0.05, 0) is 24.1 Å². The standard InChI is InChI=1S/C16H16Cl2N4O/c17-12-9-13(18)15(21-10-12)19-6-7-20-16(23)22-8-5-11-3-1-2-4-14(11)22/h1-4,9-10H,5-8H2,(H,19,21)(H,20,23). The third-order valence-corrected chi connectivity index (χ3v) is 4.13. The minimum atomic E-state index is -0.0908. The molecule has 1 aromatic carbocycles. The second-order valence-electron chi connectivity index (χ2n) is 5.17. The van der Waals surface area contributed by atoms with Crippen molar-refractivity contribution < 1.29 is 4.79 Å². The zero-order valence-electron chi connectivity index (χ0n) is 12.4. The number of anilines is 2. The summed E-state index contributed by atoms with van der Waals surface area (Å²) < 4.78 is 0. The van der Waals surface area contributed by atoms with Crippen molar-refractivity contribution in [3.05, 3.63) is 52.1 Å². The van der Waals surface area contributed by atoms with Gasteiger partial charge >= 0.3 is 6.03 Å². The number of fused-ring (bicyclic) bond motifs is 1. The lowest BCUT2D eigenvalue weighted by atomic mass is 10.2. The van der Waals surface area contributed by atoms with Crippen molar-refractivity contribution in [2.24, 2.45) is 0 Å². The highest BCUT2D eigenvalue weighted by molar-refractivity contribution is 6.35. The van der Waals surface area contributed by atoms with Crippen LogP contribution in [0.2, 0.25) is 10.0 Å². The van der Waals surface area contributed by atoms with Gasteiger partial charge in [-0.3, -0.25) is 4.90 Å². The predicted molar refractivity (Wildman–Crippen MR) is 93.6 cm³/mol. The number of halogens is 2. The monoisotopic (exact) mass is 350 g/mol. The summed E-state index contributed by atoms with van der Waals surface area (Å²) in [5, 5.41) is 6.91. The molecule has 0 saturated heterocycles. The summed E-state index contributed by atoms with van der Waals surface area (Å²) in [6.07, 6.45) is 2.42. The normalized spacial score (nSPS) is 12.9. The molecule has 2 amide bonds. The van der Waals surface area contributed by atoms with Gasteiger partial charge in [0, 0.05) is 31.5 Å². The Morgan fingerprint density at radius 1 is 1.26 bits per heavy atom. The summed E-state index contributed by atoms with van der Waals surface area (Å²) >= 11 is 11.8. The van der Waals surface area contributed by atoms with Gasteiger partial charge in [-0.25, -0.2) is 9.78 Å². The highest BCUT2D eigenvalue weighted by Crippen LogP contribution is 2.27. The number of hydrogen-bond acceptors (Lipinski definition) is 3. The van der Waals surface area contributed by atoms with Crippen molar-refractivity contribution in [2.45, 2.75) is 6.42 Å². The third kappa shape index (κ3) is 3.68. The number of nitrogens with one attached hydrogen (secondary N) is 2. The zero-order chi connectivity index (χ0) is 16.2. The lowest BCUT2D eigenvalue weighted by molar-refractivity contribution is 0.247. The van der Waals surface area contributed by atoms with Gasteiger partial charge in [-0.1, -0.05) is 41.4 Å². The molecule has 2 aromatic rings. The van der Waals surface area contributed by atoms with Gasteiger partial charge in [0.05, 0.1) is 10.0 Å². The molecular formula is C16H16Cl2N4O. The average molecular weight is 351 g/mol. The maximum Gasteiger partial charge on any atom is 0.321 e. The average Bonchev–Trinajstić information content (AvgIpc) is 2.97. The lowest BCUT2D eigenvalue weighted by Crippen LogP contribution is -2.40. The van der Waals surface area contributed by atoms with E-state index in [1.165, 1.54) is 11.8 Å². The maximum absolute atomic E-state index is 12.3. The number of carbonyl (C=O) groups is 1. The third-order valence-electron chi connectivity index (χ3n) is 3.63. The van der Waals surface area contributed by atoms with Crippen molar-refractivity contribution in [1.82, 2.24) is 10.3 Å². The number of rotatable bonds is 4. The number of carbonyl (C=O) groups excluding carboxylic acids is 1. The van der Waals surface area contributed by atoms with E-state index < -0.39 is 0 Å². The summed E-state index contributed by atoms with van der Waals surface area (Å²) in [6, 6.07) is 9.49. The van der Waals surface area contributed by atoms with Crippen LogP contribution in [0.1, 0.15) is 5.56 Å². The lowest BCUT2D eigenvalue weighted by Gasteiger charge is -2.18. The topological polar surface area (TPSA) is 57.3 Å². The first-order chi connectivity index (χ1) is 11.1. The zero-order valence-corrected chi connectivity index (χ0v) is 13.9. The number of amides is 2. The Labute approximate surface area is 144 Å². The van der Waals surface area contributed by atoms with E-state index in [2.05, 4.69) is 21.7 Å². The van der Waals surface area contributed by atoms with Crippen LogP contribution in [0.5, 0.6) is 0 Å². The van der Waals surface area contributed by atoms with E-state index in [4.69, 9.17) is 23.2 Å². The van der Waals surface area contributed by atoms with E-state index in [0.717, 1.165) is 12.1 Å². The van der Waals surface area contributed by atoms with E-state index in [9.17, 15) is 4.79 Å². The van der Waals surface area contributed by atoms with Crippen molar-refractivity contribution in [3.8, 4) is 0 Å². The molecule has 0 fully saturated rings. The molecule has 0 spiro atoms. The minimum absolute atomic E-state index is 0.0908. The SMILES string of the molecule is O=C(NCCNc1ncc(Cl)cc1Cl)N1CCc2ccccc21. The van der Waals surface area contributed by atoms with Gasteiger partial charge in [-0.2, -0.15) is 0 Å². The van der Waals surface area contributed by atoms with Gasteiger partial charge in [0.1, 0.15) is 5.82 Å². The van der Waals surface area contributed by atoms with Crippen LogP contribution in [-0.4, -0.2) is 30.6 Å². The van der Waals surface area contributed by atoms with Crippen molar-refractivity contribution in [2.75, 3.05) is 29.9 Å². The van der Waals surface area contributed by atoms with Crippen LogP contribution < -0.4 is 15.5 Å². The van der Waals surface area contributed by atoms with Gasteiger partial charge < -0.3 is 10.6 Å². The fraction of sp³-hybridized carbons (Fsp3) is 0.250. The maximum atomic E-state index is 12.3. The summed E-state index contributed by atoms with van der Waals surface area (Å²) in [6.45, 7) is 1.71. The number of hydrogen-bond donors (Lipinski definition) is 2. The van der Waals surface area contributed by atoms with Crippen LogP contribution in [0.25, 0.3) is 0 Å². The number of para-hydroxylation sites is 1. The molecule has 0 bridgehead atoms. The summed E-state index contributed by atoms with van der Waals surface area (Å²) in [4.78, 5) is 18.1. The molecular weight excluding hydrogens is 335 g/mol. The molecule has 0 atom stereocenters. The molecule has 2 N–H and O–H groups in total. The molecule has 5 nitrogen and oxygen atoms in total. The van der Waals surface area contributed by atoms with E-state index in [1.54, 1.807) is 11.0 Å². The Morgan fingerprint density at radius 2 is 2.09 bits per heavy atom. The molecule has 3 rings (SSSR count). The Bertz CT molecular complexity index is 723. The molecule has 2 heterocycles. The Morgan fingerprint density at radius 3 is 2.91 bits per heavy atom. The summed E-state index contributed by atoms with van der Waals surface area (Å²) in [5.74, 6) is 0.553. The van der Waals surface area contributed by atoms with E-state index >= 15 is 0 Å². The van der Waals surface area contributed by atoms with Crippen LogP contribution in [0.4, 0.5) is 16.3 Å². The first-order valence-corrected chi connectivity index (χ1v) is 8.09. The smallest absolute Gasteiger partial charge is 0.321 e. The fourth-order valence-corrected chi connectivity index (χ4v) is 2.99. The second kappa shape index (κ2) is 7.06. The van der Waals surface area contributed by atoms with E-state index in [1.807, 2.05) is 18.2 Å². The summed E-state index contributed by atoms with van der Waals surface area (Å²) in [7, 11) is 0. The highest BCUT2D eigenvalue weighted by Gasteiger charge is 2.23. The largest absolute Gasteiger partial charge is 0.367 e. The van der Waals surface area contributed by atoms with Gasteiger partial charge in [0.25, 0.3) is 0 Å². The van der Waals surface area contributed by atoms with E-state index in [-0.39, 0.29) is 6.03 Å². The summed E-state index contributed by atoms with van der Waals surface area (Å²) in [5.41, 5.74) is 2.19. The van der Waals surface area contributed by atoms with Crippen LogP contribution in [0, 0.1) is 0 Å². The van der Waals surface area contributed by atoms with Gasteiger partial charge in [0.2, 0.25) is 0 Å². The number of benzene rings is 1. The number of urea groups is 1. The second-order valence-corrected chi connectivity index (χ2v) is 6.02. The van der Waals surface area contributed by atoms with Crippen LogP contribution in [-0.2, 0) is 6.42 Å². The minimum Gasteiger partial charge on any atom is -0.367 e. The fourth-order valence-electron chi connectivity index (χ4n) is 2.54. The molecule has 1 aromatic heterocycles. The molecule has 0 aliphatic carbocycles. The Hall–Kier alpha value is -1.98. The van der Waals surface area contributed by atoms with Gasteiger partial charge in [-0.15, -0.1) is 0 Å². The first kappa shape index (κ1) is 15.9. The van der Waals surface area contributed by atoms with Crippen LogP contribution in [0.15, 0.2) is 36.5 Å². The van der Waals surface area contributed by atoms with Gasteiger partial charge in [0.15, 0.2) is 0 Å². The molecule has 0 unspecified atom stereocenters. The van der Waals surface area contributed by atoms with Crippen LogP contribution in [0.3, 0.4) is 0 Å². The molecule has 7 heteroatoms. The number of aromatic nitrogens is 1. The molecule has 0 saturated carbocycles. The molecule has 1 aliphatic rings. The van der Waals surface area contributed by atoms with E-state index in [0.29, 0.717) is 35.5 Å². The Balaban J connectivity index is 1.49. The molecule has 23 heavy (non-hydrogen) atoms. The molecule has 1 aliphatic heterocycles. The quantitative estimate of drug-likeness (QED) is 0.828. The highest BCUT2D eigenvalue weighted by atomic mass is 35.5. The van der Waals surface area contributed by atoms with Crippen molar-refractivity contribution in [1.29, 1.82) is 0 Å². The van der Waals surface area contributed by atoms with Crippen molar-refractivity contribution >= 4 is 40.7 Å². The predicted octanol–water partition coefficient (Wildman–Crippen LogP) is 3.57. The van der Waals surface area contributed by atoms with Crippen molar-refractivity contribution in [3.63, 3.8) is 0 Å². The first-order valence-electron chi connectivity index (χ1n) is 7.33.